The van der Waals surface area contributed by atoms with Crippen LogP contribution < -0.4 is 0 Å². The van der Waals surface area contributed by atoms with Gasteiger partial charge < -0.3 is 9.30 Å². The summed E-state index contributed by atoms with van der Waals surface area (Å²) >= 11 is 0. The number of pyridine rings is 1. The van der Waals surface area contributed by atoms with Crippen molar-refractivity contribution < 1.29 is 13.2 Å². The number of rotatable bonds is 5. The third kappa shape index (κ3) is 3.08. The number of fused-ring (bicyclic) bond motifs is 1. The van der Waals surface area contributed by atoms with Gasteiger partial charge in [0.25, 0.3) is 0 Å². The maximum absolute atomic E-state index is 11.6. The third-order valence-corrected chi connectivity index (χ3v) is 5.72. The van der Waals surface area contributed by atoms with Crippen molar-refractivity contribution in [1.82, 2.24) is 14.5 Å². The van der Waals surface area contributed by atoms with E-state index in [4.69, 9.17) is 4.74 Å². The number of methoxy groups -OCH3 is 1. The Morgan fingerprint density at radius 3 is 3.05 bits per heavy atom. The van der Waals surface area contributed by atoms with Gasteiger partial charge >= 0.3 is 0 Å². The molecule has 0 N–H and O–H groups in total. The Morgan fingerprint density at radius 2 is 2.33 bits per heavy atom. The standard InChI is InChI=1S/C14H19N3O3S/c1-20-7-4-13-16-12-3-2-6-15-14(12)17(13)9-11-5-8-21(18,19)10-11/h2-3,6,11H,4-5,7-10H2,1H3. The summed E-state index contributed by atoms with van der Waals surface area (Å²) in [5.74, 6) is 1.62. The molecule has 0 saturated carbocycles. The van der Waals surface area contributed by atoms with Crippen molar-refractivity contribution >= 4 is 21.0 Å². The molecule has 21 heavy (non-hydrogen) atoms. The van der Waals surface area contributed by atoms with E-state index in [1.807, 2.05) is 12.1 Å². The Morgan fingerprint density at radius 1 is 1.48 bits per heavy atom. The van der Waals surface area contributed by atoms with Crippen molar-refractivity contribution in [2.24, 2.45) is 5.92 Å². The summed E-state index contributed by atoms with van der Waals surface area (Å²) in [6, 6.07) is 3.79. The van der Waals surface area contributed by atoms with Gasteiger partial charge in [-0.05, 0) is 24.5 Å². The van der Waals surface area contributed by atoms with E-state index in [1.165, 1.54) is 0 Å². The molecule has 0 spiro atoms. The molecule has 7 heteroatoms. The van der Waals surface area contributed by atoms with E-state index < -0.39 is 9.84 Å². The zero-order valence-corrected chi connectivity index (χ0v) is 12.8. The van der Waals surface area contributed by atoms with Crippen LogP contribution in [0.15, 0.2) is 18.3 Å². The lowest BCUT2D eigenvalue weighted by Gasteiger charge is -2.12. The highest BCUT2D eigenvalue weighted by atomic mass is 32.2. The highest BCUT2D eigenvalue weighted by molar-refractivity contribution is 7.91. The number of imidazole rings is 1. The fourth-order valence-corrected chi connectivity index (χ4v) is 4.71. The molecule has 3 heterocycles. The Kier molecular flexibility index (Phi) is 3.95. The summed E-state index contributed by atoms with van der Waals surface area (Å²) in [5.41, 5.74) is 1.68. The average molecular weight is 309 g/mol. The van der Waals surface area contributed by atoms with Gasteiger partial charge in [-0.1, -0.05) is 0 Å². The zero-order valence-electron chi connectivity index (χ0n) is 12.0. The minimum Gasteiger partial charge on any atom is -0.384 e. The molecule has 1 aliphatic rings. The smallest absolute Gasteiger partial charge is 0.159 e. The lowest BCUT2D eigenvalue weighted by Crippen LogP contribution is -2.16. The van der Waals surface area contributed by atoms with E-state index in [2.05, 4.69) is 14.5 Å². The number of sulfone groups is 1. The molecule has 3 rings (SSSR count). The summed E-state index contributed by atoms with van der Waals surface area (Å²) in [4.78, 5) is 9.00. The molecule has 2 aromatic rings. The predicted molar refractivity (Wildman–Crippen MR) is 79.9 cm³/mol. The summed E-state index contributed by atoms with van der Waals surface area (Å²) < 4.78 is 30.4. The molecule has 1 unspecified atom stereocenters. The van der Waals surface area contributed by atoms with Gasteiger partial charge in [0, 0.05) is 26.3 Å². The Hall–Kier alpha value is -1.47. The highest BCUT2D eigenvalue weighted by Gasteiger charge is 2.29. The first-order chi connectivity index (χ1) is 10.1. The van der Waals surface area contributed by atoms with Gasteiger partial charge in [-0.3, -0.25) is 0 Å². The maximum atomic E-state index is 11.6. The van der Waals surface area contributed by atoms with Gasteiger partial charge in [-0.2, -0.15) is 0 Å². The number of hydrogen-bond donors (Lipinski definition) is 0. The van der Waals surface area contributed by atoms with E-state index in [1.54, 1.807) is 13.3 Å². The monoisotopic (exact) mass is 309 g/mol. The van der Waals surface area contributed by atoms with Crippen LogP contribution in [0.25, 0.3) is 11.2 Å². The summed E-state index contributed by atoms with van der Waals surface area (Å²) in [6.45, 7) is 1.25. The second-order valence-corrected chi connectivity index (χ2v) is 7.73. The molecule has 1 aliphatic heterocycles. The molecule has 0 aromatic carbocycles. The first kappa shape index (κ1) is 14.5. The van der Waals surface area contributed by atoms with Crippen molar-refractivity contribution in [3.63, 3.8) is 0 Å². The third-order valence-electron chi connectivity index (χ3n) is 3.88. The molecule has 0 bridgehead atoms. The largest absolute Gasteiger partial charge is 0.384 e. The summed E-state index contributed by atoms with van der Waals surface area (Å²) in [6.07, 6.45) is 3.16. The lowest BCUT2D eigenvalue weighted by atomic mass is 10.1. The Balaban J connectivity index is 1.91. The second kappa shape index (κ2) is 5.73. The number of hydrogen-bond acceptors (Lipinski definition) is 5. The van der Waals surface area contributed by atoms with Crippen molar-refractivity contribution in [1.29, 1.82) is 0 Å². The van der Waals surface area contributed by atoms with Crippen molar-refractivity contribution in [3.8, 4) is 0 Å². The van der Waals surface area contributed by atoms with Gasteiger partial charge in [-0.25, -0.2) is 18.4 Å². The maximum Gasteiger partial charge on any atom is 0.159 e. The summed E-state index contributed by atoms with van der Waals surface area (Å²) in [5, 5.41) is 0. The van der Waals surface area contributed by atoms with Crippen molar-refractivity contribution in [2.75, 3.05) is 25.2 Å². The van der Waals surface area contributed by atoms with Crippen LogP contribution in [0.5, 0.6) is 0 Å². The van der Waals surface area contributed by atoms with Crippen LogP contribution in [0.4, 0.5) is 0 Å². The van der Waals surface area contributed by atoms with Gasteiger partial charge in [0.1, 0.15) is 11.3 Å². The van der Waals surface area contributed by atoms with E-state index in [0.29, 0.717) is 25.3 Å². The van der Waals surface area contributed by atoms with Gasteiger partial charge in [0.2, 0.25) is 0 Å². The Bertz CT molecular complexity index is 739. The van der Waals surface area contributed by atoms with Crippen LogP contribution in [-0.4, -0.2) is 48.2 Å². The van der Waals surface area contributed by atoms with Crippen LogP contribution in [0.1, 0.15) is 12.2 Å². The molecule has 1 fully saturated rings. The van der Waals surface area contributed by atoms with Gasteiger partial charge in [0.05, 0.1) is 18.1 Å². The first-order valence-corrected chi connectivity index (χ1v) is 8.91. The minimum absolute atomic E-state index is 0.149. The van der Waals surface area contributed by atoms with Crippen LogP contribution in [0, 0.1) is 5.92 Å². The van der Waals surface area contributed by atoms with Crippen molar-refractivity contribution in [3.05, 3.63) is 24.2 Å². The molecule has 114 valence electrons. The lowest BCUT2D eigenvalue weighted by molar-refractivity contribution is 0.199. The normalized spacial score (nSPS) is 21.1. The topological polar surface area (TPSA) is 74.1 Å². The van der Waals surface area contributed by atoms with Crippen LogP contribution in [0.2, 0.25) is 0 Å². The van der Waals surface area contributed by atoms with Gasteiger partial charge in [0.15, 0.2) is 15.5 Å². The molecule has 6 nitrogen and oxygen atoms in total. The van der Waals surface area contributed by atoms with Crippen LogP contribution >= 0.6 is 0 Å². The Labute approximate surface area is 124 Å². The molecule has 0 radical (unpaired) electrons. The SMILES string of the molecule is COCCc1nc2cccnc2n1CC1CCS(=O)(=O)C1. The number of nitrogens with zero attached hydrogens (tertiary/aromatic N) is 3. The summed E-state index contributed by atoms with van der Waals surface area (Å²) in [7, 11) is -1.20. The van der Waals surface area contributed by atoms with E-state index in [-0.39, 0.29) is 11.7 Å². The molecular formula is C14H19N3O3S. The minimum atomic E-state index is -2.86. The van der Waals surface area contributed by atoms with Crippen LogP contribution in [0.3, 0.4) is 0 Å². The average Bonchev–Trinajstić information content (AvgIpc) is 2.98. The fraction of sp³-hybridized carbons (Fsp3) is 0.571. The van der Waals surface area contributed by atoms with E-state index in [9.17, 15) is 8.42 Å². The van der Waals surface area contributed by atoms with Crippen molar-refractivity contribution in [2.45, 2.75) is 19.4 Å². The number of aromatic nitrogens is 3. The van der Waals surface area contributed by atoms with Crippen LogP contribution in [-0.2, 0) is 27.5 Å². The molecule has 0 aliphatic carbocycles. The molecule has 1 saturated heterocycles. The fourth-order valence-electron chi connectivity index (χ4n) is 2.86. The van der Waals surface area contributed by atoms with Gasteiger partial charge in [-0.15, -0.1) is 0 Å². The predicted octanol–water partition coefficient (Wildman–Crippen LogP) is 1.05. The van der Waals surface area contributed by atoms with E-state index >= 15 is 0 Å². The molecule has 2 aromatic heterocycles. The van der Waals surface area contributed by atoms with E-state index in [0.717, 1.165) is 23.4 Å². The quantitative estimate of drug-likeness (QED) is 0.825. The zero-order chi connectivity index (χ0) is 14.9. The second-order valence-electron chi connectivity index (χ2n) is 5.50. The molecule has 1 atom stereocenters. The first-order valence-electron chi connectivity index (χ1n) is 7.08. The number of ether oxygens (including phenoxy) is 1. The highest BCUT2D eigenvalue weighted by Crippen LogP contribution is 2.23. The molecular weight excluding hydrogens is 290 g/mol. The molecule has 0 amide bonds.